The molecule has 19 heavy (non-hydrogen) atoms. The molecule has 1 aromatic carbocycles. The van der Waals surface area contributed by atoms with Crippen LogP contribution >= 0.6 is 11.8 Å². The Morgan fingerprint density at radius 2 is 1.68 bits per heavy atom. The van der Waals surface area contributed by atoms with Gasteiger partial charge in [0.25, 0.3) is 0 Å². The van der Waals surface area contributed by atoms with Crippen LogP contribution in [0.1, 0.15) is 37.9 Å². The Labute approximate surface area is 119 Å². The van der Waals surface area contributed by atoms with E-state index in [-0.39, 0.29) is 10.8 Å². The summed E-state index contributed by atoms with van der Waals surface area (Å²) in [6.07, 6.45) is 1.88. The lowest BCUT2D eigenvalue weighted by Gasteiger charge is -2.17. The topological polar surface area (TPSA) is 38.9 Å². The fourth-order valence-electron chi connectivity index (χ4n) is 1.80. The molecule has 0 radical (unpaired) electrons. The fourth-order valence-corrected chi connectivity index (χ4v) is 2.67. The largest absolute Gasteiger partial charge is 0.320 e. The summed E-state index contributed by atoms with van der Waals surface area (Å²) in [5.74, 6) is 0. The molecule has 3 heteroatoms. The van der Waals surface area contributed by atoms with Crippen LogP contribution in [0.4, 0.5) is 0 Å². The number of rotatable bonds is 3. The second kappa shape index (κ2) is 5.76. The first-order valence-corrected chi connectivity index (χ1v) is 7.23. The first kappa shape index (κ1) is 14.1. The minimum atomic E-state index is -0.109. The van der Waals surface area contributed by atoms with E-state index in [9.17, 15) is 0 Å². The van der Waals surface area contributed by atoms with Crippen LogP contribution in [0.5, 0.6) is 0 Å². The average Bonchev–Trinajstić information content (AvgIpc) is 2.38. The summed E-state index contributed by atoms with van der Waals surface area (Å²) in [4.78, 5) is 4.49. The van der Waals surface area contributed by atoms with E-state index >= 15 is 0 Å². The molecule has 0 bridgehead atoms. The zero-order valence-corrected chi connectivity index (χ0v) is 12.4. The van der Waals surface area contributed by atoms with E-state index in [1.54, 1.807) is 11.8 Å². The summed E-state index contributed by atoms with van der Waals surface area (Å²) < 4.78 is 0.177. The summed E-state index contributed by atoms with van der Waals surface area (Å²) in [5, 5.41) is 1.04. The third kappa shape index (κ3) is 4.08. The average molecular weight is 272 g/mol. The molecule has 2 nitrogen and oxygen atoms in total. The van der Waals surface area contributed by atoms with Gasteiger partial charge >= 0.3 is 0 Å². The number of thioether (sulfide) groups is 1. The van der Waals surface area contributed by atoms with Crippen LogP contribution in [0.3, 0.4) is 0 Å². The molecule has 0 aliphatic heterocycles. The van der Waals surface area contributed by atoms with E-state index in [0.29, 0.717) is 0 Å². The van der Waals surface area contributed by atoms with Crippen molar-refractivity contribution < 1.29 is 0 Å². The molecule has 0 spiro atoms. The van der Waals surface area contributed by atoms with Crippen molar-refractivity contribution in [1.82, 2.24) is 4.98 Å². The molecule has 1 atom stereocenters. The molecule has 1 heterocycles. The highest BCUT2D eigenvalue weighted by Crippen LogP contribution is 2.30. The van der Waals surface area contributed by atoms with Gasteiger partial charge in [-0.3, -0.25) is 0 Å². The maximum absolute atomic E-state index is 6.25. The van der Waals surface area contributed by atoms with Gasteiger partial charge in [-0.2, -0.15) is 0 Å². The molecule has 2 N–H and O–H groups in total. The second-order valence-electron chi connectivity index (χ2n) is 5.53. The second-order valence-corrected chi connectivity index (χ2v) is 7.38. The molecule has 0 unspecified atom stereocenters. The monoisotopic (exact) mass is 272 g/mol. The number of pyridine rings is 1. The van der Waals surface area contributed by atoms with Crippen LogP contribution in [-0.2, 0) is 0 Å². The number of nitrogens with zero attached hydrogens (tertiary/aromatic N) is 1. The van der Waals surface area contributed by atoms with E-state index in [0.717, 1.165) is 16.2 Å². The molecule has 0 aliphatic carbocycles. The third-order valence-electron chi connectivity index (χ3n) is 2.69. The highest BCUT2D eigenvalue weighted by Gasteiger charge is 2.14. The molecular formula is C16H20N2S. The van der Waals surface area contributed by atoms with Crippen LogP contribution < -0.4 is 5.73 Å². The van der Waals surface area contributed by atoms with Crippen molar-refractivity contribution in [1.29, 1.82) is 0 Å². The van der Waals surface area contributed by atoms with E-state index in [1.165, 1.54) is 0 Å². The number of aromatic nitrogens is 1. The molecule has 1 aromatic heterocycles. The number of hydrogen-bond donors (Lipinski definition) is 1. The normalized spacial score (nSPS) is 13.3. The molecule has 2 rings (SSSR count). The van der Waals surface area contributed by atoms with Crippen molar-refractivity contribution in [3.63, 3.8) is 0 Å². The van der Waals surface area contributed by atoms with Crippen molar-refractivity contribution >= 4 is 11.8 Å². The van der Waals surface area contributed by atoms with Gasteiger partial charge < -0.3 is 5.73 Å². The van der Waals surface area contributed by atoms with Gasteiger partial charge in [0.15, 0.2) is 0 Å². The van der Waals surface area contributed by atoms with Crippen molar-refractivity contribution in [2.75, 3.05) is 0 Å². The molecule has 0 aliphatic rings. The number of benzene rings is 1. The van der Waals surface area contributed by atoms with Gasteiger partial charge in [-0.25, -0.2) is 4.98 Å². The van der Waals surface area contributed by atoms with Gasteiger partial charge in [0.2, 0.25) is 0 Å². The summed E-state index contributed by atoms with van der Waals surface area (Å²) in [7, 11) is 0. The predicted molar refractivity (Wildman–Crippen MR) is 82.3 cm³/mol. The summed E-state index contributed by atoms with van der Waals surface area (Å²) in [6, 6.07) is 14.1. The van der Waals surface area contributed by atoms with E-state index in [4.69, 9.17) is 5.73 Å². The van der Waals surface area contributed by atoms with E-state index in [1.807, 2.05) is 42.6 Å². The van der Waals surface area contributed by atoms with Crippen LogP contribution in [0.2, 0.25) is 0 Å². The lowest BCUT2D eigenvalue weighted by molar-refractivity contribution is 0.797. The molecule has 100 valence electrons. The third-order valence-corrected chi connectivity index (χ3v) is 3.75. The smallest absolute Gasteiger partial charge is 0.0965 e. The molecule has 2 aromatic rings. The highest BCUT2D eigenvalue weighted by molar-refractivity contribution is 8.00. The van der Waals surface area contributed by atoms with Gasteiger partial charge in [0.1, 0.15) is 0 Å². The number of hydrogen-bond acceptors (Lipinski definition) is 3. The van der Waals surface area contributed by atoms with Crippen molar-refractivity contribution in [2.24, 2.45) is 5.73 Å². The van der Waals surface area contributed by atoms with Gasteiger partial charge in [-0.15, -0.1) is 11.8 Å². The fraction of sp³-hybridized carbons (Fsp3) is 0.312. The Kier molecular flexibility index (Phi) is 4.27. The quantitative estimate of drug-likeness (QED) is 0.858. The Balaban J connectivity index is 2.15. The van der Waals surface area contributed by atoms with E-state index in [2.05, 4.69) is 31.8 Å². The molecule has 0 saturated heterocycles. The first-order chi connectivity index (χ1) is 8.96. The van der Waals surface area contributed by atoms with Gasteiger partial charge in [0.05, 0.1) is 11.1 Å². The van der Waals surface area contributed by atoms with Gasteiger partial charge in [-0.1, -0.05) is 57.2 Å². The van der Waals surface area contributed by atoms with Crippen LogP contribution in [0, 0.1) is 0 Å². The number of nitrogens with two attached hydrogens (primary N) is 1. The highest BCUT2D eigenvalue weighted by atomic mass is 32.2. The Hall–Kier alpha value is -1.32. The lowest BCUT2D eigenvalue weighted by Crippen LogP contribution is -2.12. The van der Waals surface area contributed by atoms with Crippen LogP contribution in [0.15, 0.2) is 53.7 Å². The van der Waals surface area contributed by atoms with E-state index < -0.39 is 0 Å². The maximum atomic E-state index is 6.25. The maximum Gasteiger partial charge on any atom is 0.0965 e. The first-order valence-electron chi connectivity index (χ1n) is 6.41. The van der Waals surface area contributed by atoms with Crippen molar-refractivity contribution in [3.8, 4) is 0 Å². The summed E-state index contributed by atoms with van der Waals surface area (Å²) >= 11 is 1.77. The molecular weight excluding hydrogens is 252 g/mol. The minimum Gasteiger partial charge on any atom is -0.320 e. The Bertz CT molecular complexity index is 515. The van der Waals surface area contributed by atoms with Gasteiger partial charge in [0, 0.05) is 10.9 Å². The van der Waals surface area contributed by atoms with Gasteiger partial charge in [-0.05, 0) is 17.2 Å². The summed E-state index contributed by atoms with van der Waals surface area (Å²) in [5.41, 5.74) is 8.40. The Morgan fingerprint density at radius 1 is 1.00 bits per heavy atom. The standard InChI is InChI=1S/C16H20N2S/c1-16(2,3)19-14-10-9-13(11-18-14)15(17)12-7-5-4-6-8-12/h4-11,15H,17H2,1-3H3/t15-/m0/s1. The van der Waals surface area contributed by atoms with Crippen molar-refractivity contribution in [3.05, 3.63) is 59.8 Å². The molecule has 0 amide bonds. The molecule has 0 fully saturated rings. The van der Waals surface area contributed by atoms with Crippen LogP contribution in [0.25, 0.3) is 0 Å². The zero-order chi connectivity index (χ0) is 13.9. The zero-order valence-electron chi connectivity index (χ0n) is 11.6. The Morgan fingerprint density at radius 3 is 2.21 bits per heavy atom. The SMILES string of the molecule is CC(C)(C)Sc1ccc([C@@H](N)c2ccccc2)cn1. The lowest BCUT2D eigenvalue weighted by atomic mass is 10.0. The van der Waals surface area contributed by atoms with Crippen molar-refractivity contribution in [2.45, 2.75) is 36.6 Å². The predicted octanol–water partition coefficient (Wildman–Crippen LogP) is 4.02. The van der Waals surface area contributed by atoms with Crippen LogP contribution in [-0.4, -0.2) is 9.73 Å². The minimum absolute atomic E-state index is 0.109. The molecule has 0 saturated carbocycles. The summed E-state index contributed by atoms with van der Waals surface area (Å²) in [6.45, 7) is 6.55.